The smallest absolute Gasteiger partial charge is 0.262 e. The quantitative estimate of drug-likeness (QED) is 0.491. The zero-order valence-electron chi connectivity index (χ0n) is 11.5. The van der Waals surface area contributed by atoms with Gasteiger partial charge in [-0.15, -0.1) is 0 Å². The first kappa shape index (κ1) is 13.3. The second kappa shape index (κ2) is 5.74. The molecule has 0 saturated heterocycles. The number of hydrogen-bond donors (Lipinski definition) is 4. The Balaban J connectivity index is 1.60. The number of amides is 1. The number of hydrogen-bond acceptors (Lipinski definition) is 5. The Bertz CT molecular complexity index is 639. The lowest BCUT2D eigenvalue weighted by Crippen LogP contribution is -2.25. The number of nitrogen functional groups attached to an aromatic ring is 1. The van der Waals surface area contributed by atoms with E-state index in [1.807, 2.05) is 6.20 Å². The largest absolute Gasteiger partial charge is 0.482 e. The van der Waals surface area contributed by atoms with Crippen molar-refractivity contribution in [3.8, 4) is 5.75 Å². The molecule has 0 radical (unpaired) electrons. The van der Waals surface area contributed by atoms with Gasteiger partial charge in [-0.05, 0) is 12.5 Å². The van der Waals surface area contributed by atoms with Crippen molar-refractivity contribution < 1.29 is 9.53 Å². The van der Waals surface area contributed by atoms with Crippen LogP contribution in [0.3, 0.4) is 0 Å². The molecule has 2 heterocycles. The summed E-state index contributed by atoms with van der Waals surface area (Å²) in [5, 5.41) is 6.03. The minimum Gasteiger partial charge on any atom is -0.482 e. The molecule has 2 aromatic rings. The van der Waals surface area contributed by atoms with Crippen molar-refractivity contribution in [3.05, 3.63) is 30.4 Å². The molecule has 7 heteroatoms. The highest BCUT2D eigenvalue weighted by molar-refractivity contribution is 5.97. The molecule has 0 bridgehead atoms. The molecule has 5 N–H and O–H groups in total. The van der Waals surface area contributed by atoms with E-state index in [0.29, 0.717) is 17.1 Å². The molecule has 1 amide bonds. The van der Waals surface area contributed by atoms with Crippen molar-refractivity contribution >= 4 is 23.0 Å². The van der Waals surface area contributed by atoms with E-state index in [0.717, 1.165) is 30.9 Å². The number of fused-ring (bicyclic) bond motifs is 1. The zero-order valence-corrected chi connectivity index (χ0v) is 11.5. The van der Waals surface area contributed by atoms with Crippen LogP contribution in [0.25, 0.3) is 0 Å². The number of nitrogens with zero attached hydrogens (tertiary/aromatic N) is 1. The number of nitrogens with two attached hydrogens (primary N) is 1. The van der Waals surface area contributed by atoms with Crippen LogP contribution in [0.1, 0.15) is 12.2 Å². The number of carbonyl (C=O) groups is 1. The monoisotopic (exact) mass is 287 g/mol. The van der Waals surface area contributed by atoms with E-state index in [4.69, 9.17) is 10.5 Å². The van der Waals surface area contributed by atoms with Crippen LogP contribution in [-0.2, 0) is 11.2 Å². The number of rotatable bonds is 5. The maximum atomic E-state index is 11.3. The van der Waals surface area contributed by atoms with Gasteiger partial charge in [-0.2, -0.15) is 0 Å². The molecule has 0 saturated carbocycles. The van der Waals surface area contributed by atoms with Crippen LogP contribution in [0, 0.1) is 0 Å². The topological polar surface area (TPSA) is 105 Å². The predicted octanol–water partition coefficient (Wildman–Crippen LogP) is 1.37. The van der Waals surface area contributed by atoms with E-state index in [1.54, 1.807) is 18.3 Å². The van der Waals surface area contributed by atoms with E-state index in [1.165, 1.54) is 0 Å². The maximum Gasteiger partial charge on any atom is 0.262 e. The van der Waals surface area contributed by atoms with Crippen LogP contribution in [0.15, 0.2) is 24.5 Å². The predicted molar refractivity (Wildman–Crippen MR) is 80.4 cm³/mol. The molecule has 21 heavy (non-hydrogen) atoms. The highest BCUT2D eigenvalue weighted by Gasteiger charge is 2.17. The fraction of sp³-hybridized carbons (Fsp3) is 0.286. The van der Waals surface area contributed by atoms with Gasteiger partial charge in [0.1, 0.15) is 11.6 Å². The van der Waals surface area contributed by atoms with Crippen LogP contribution < -0.4 is 21.1 Å². The number of aromatic nitrogens is 2. The van der Waals surface area contributed by atoms with E-state index >= 15 is 0 Å². The average molecular weight is 287 g/mol. The molecule has 0 fully saturated rings. The summed E-state index contributed by atoms with van der Waals surface area (Å²) in [5.74, 6) is 1.42. The number of carbonyl (C=O) groups excluding carboxylic acids is 1. The van der Waals surface area contributed by atoms with Gasteiger partial charge in [-0.25, -0.2) is 4.98 Å². The molecule has 1 aliphatic rings. The molecule has 1 aliphatic heterocycles. The van der Waals surface area contributed by atoms with E-state index in [2.05, 4.69) is 20.6 Å². The Kier molecular flexibility index (Phi) is 3.63. The number of aromatic amines is 1. The Morgan fingerprint density at radius 2 is 2.33 bits per heavy atom. The molecule has 1 aromatic heterocycles. The molecule has 7 nitrogen and oxygen atoms in total. The van der Waals surface area contributed by atoms with Crippen LogP contribution in [0.4, 0.5) is 17.1 Å². The molecule has 3 rings (SSSR count). The van der Waals surface area contributed by atoms with Gasteiger partial charge in [0.25, 0.3) is 5.91 Å². The fourth-order valence-corrected chi connectivity index (χ4v) is 2.21. The van der Waals surface area contributed by atoms with Gasteiger partial charge in [0.15, 0.2) is 6.61 Å². The molecule has 0 spiro atoms. The van der Waals surface area contributed by atoms with Gasteiger partial charge in [-0.1, -0.05) is 0 Å². The van der Waals surface area contributed by atoms with Crippen LogP contribution in [0.2, 0.25) is 0 Å². The number of nitrogens with one attached hydrogen (secondary N) is 3. The summed E-state index contributed by atoms with van der Waals surface area (Å²) < 4.78 is 5.31. The fourth-order valence-electron chi connectivity index (χ4n) is 2.21. The number of anilines is 3. The molecule has 0 aliphatic carbocycles. The highest BCUT2D eigenvalue weighted by atomic mass is 16.5. The first-order valence-electron chi connectivity index (χ1n) is 6.80. The van der Waals surface area contributed by atoms with Crippen molar-refractivity contribution in [2.75, 3.05) is 29.5 Å². The Morgan fingerprint density at radius 3 is 3.14 bits per heavy atom. The van der Waals surface area contributed by atoms with E-state index < -0.39 is 0 Å². The van der Waals surface area contributed by atoms with Crippen LogP contribution in [-0.4, -0.2) is 29.0 Å². The third-order valence-electron chi connectivity index (χ3n) is 3.25. The lowest BCUT2D eigenvalue weighted by atomic mass is 10.2. The van der Waals surface area contributed by atoms with Gasteiger partial charge < -0.3 is 26.1 Å². The first-order chi connectivity index (χ1) is 10.2. The van der Waals surface area contributed by atoms with Gasteiger partial charge in [0.2, 0.25) is 0 Å². The summed E-state index contributed by atoms with van der Waals surface area (Å²) in [6.45, 7) is 0.793. The zero-order chi connectivity index (χ0) is 14.7. The van der Waals surface area contributed by atoms with Crippen LogP contribution >= 0.6 is 0 Å². The molecule has 1 aromatic carbocycles. The van der Waals surface area contributed by atoms with E-state index in [9.17, 15) is 4.79 Å². The molecule has 0 unspecified atom stereocenters. The number of imidazole rings is 1. The Hall–Kier alpha value is -2.70. The maximum absolute atomic E-state index is 11.3. The minimum absolute atomic E-state index is 0.0301. The molecular weight excluding hydrogens is 270 g/mol. The summed E-state index contributed by atoms with van der Waals surface area (Å²) in [4.78, 5) is 18.6. The highest BCUT2D eigenvalue weighted by Crippen LogP contribution is 2.35. The van der Waals surface area contributed by atoms with Crippen molar-refractivity contribution in [1.82, 2.24) is 9.97 Å². The number of benzene rings is 1. The third kappa shape index (κ3) is 3.07. The van der Waals surface area contributed by atoms with Gasteiger partial charge in [-0.3, -0.25) is 4.79 Å². The summed E-state index contributed by atoms with van der Waals surface area (Å²) in [5.41, 5.74) is 8.02. The molecular formula is C14H17N5O2. The van der Waals surface area contributed by atoms with Crippen molar-refractivity contribution in [2.24, 2.45) is 0 Å². The summed E-state index contributed by atoms with van der Waals surface area (Å²) in [6, 6.07) is 3.53. The average Bonchev–Trinajstić information content (AvgIpc) is 2.97. The Morgan fingerprint density at radius 1 is 1.43 bits per heavy atom. The molecule has 0 atom stereocenters. The summed E-state index contributed by atoms with van der Waals surface area (Å²) in [7, 11) is 0. The molecule has 110 valence electrons. The number of aryl methyl sites for hydroxylation is 1. The Labute approximate surface area is 121 Å². The van der Waals surface area contributed by atoms with Crippen molar-refractivity contribution in [2.45, 2.75) is 12.8 Å². The van der Waals surface area contributed by atoms with Crippen LogP contribution in [0.5, 0.6) is 5.75 Å². The van der Waals surface area contributed by atoms with E-state index in [-0.39, 0.29) is 12.5 Å². The third-order valence-corrected chi connectivity index (χ3v) is 3.25. The van der Waals surface area contributed by atoms with Gasteiger partial charge in [0.05, 0.1) is 17.1 Å². The first-order valence-corrected chi connectivity index (χ1v) is 6.80. The lowest BCUT2D eigenvalue weighted by molar-refractivity contribution is -0.118. The van der Waals surface area contributed by atoms with Crippen molar-refractivity contribution in [3.63, 3.8) is 0 Å². The summed E-state index contributed by atoms with van der Waals surface area (Å²) in [6.07, 6.45) is 5.34. The normalized spacial score (nSPS) is 13.2. The SMILES string of the molecule is Nc1cc2c(cc1NCCCc1ncc[nH]1)NC(=O)CO2. The van der Waals surface area contributed by atoms with Gasteiger partial charge >= 0.3 is 0 Å². The second-order valence-corrected chi connectivity index (χ2v) is 4.84. The standard InChI is InChI=1S/C14H17N5O2/c15-9-6-12-11(19-14(20)8-21-12)7-10(9)16-3-1-2-13-17-4-5-18-13/h4-7,16H,1-3,8,15H2,(H,17,18)(H,19,20). The number of ether oxygens (including phenoxy) is 1. The number of H-pyrrole nitrogens is 1. The minimum atomic E-state index is -0.156. The lowest BCUT2D eigenvalue weighted by Gasteiger charge is -2.20. The second-order valence-electron chi connectivity index (χ2n) is 4.84. The summed E-state index contributed by atoms with van der Waals surface area (Å²) >= 11 is 0. The van der Waals surface area contributed by atoms with Gasteiger partial charge in [0, 0.05) is 31.4 Å². The van der Waals surface area contributed by atoms with Crippen molar-refractivity contribution in [1.29, 1.82) is 0 Å².